The quantitative estimate of drug-likeness (QED) is 0.794. The van der Waals surface area contributed by atoms with Crippen molar-refractivity contribution in [3.05, 3.63) is 52.5 Å². The average Bonchev–Trinajstić information content (AvgIpc) is 2.39. The van der Waals surface area contributed by atoms with Crippen molar-refractivity contribution in [2.45, 2.75) is 17.9 Å². The van der Waals surface area contributed by atoms with Crippen LogP contribution in [0.2, 0.25) is 0 Å². The molecule has 0 amide bonds. The van der Waals surface area contributed by atoms with Crippen molar-refractivity contribution in [1.29, 1.82) is 0 Å². The fraction of sp³-hybridized carbons (Fsp3) is 0.200. The molecule has 4 heteroatoms. The van der Waals surface area contributed by atoms with Crippen LogP contribution in [0.5, 0.6) is 11.5 Å². The zero-order chi connectivity index (χ0) is 13.8. The first-order valence-corrected chi connectivity index (χ1v) is 7.91. The van der Waals surface area contributed by atoms with Gasteiger partial charge in [-0.1, -0.05) is 22.0 Å². The molecule has 1 unspecified atom stereocenters. The van der Waals surface area contributed by atoms with Crippen LogP contribution in [0.1, 0.15) is 18.6 Å². The molecule has 1 N–H and O–H groups in total. The number of rotatable bonds is 4. The summed E-state index contributed by atoms with van der Waals surface area (Å²) in [6.45, 7) is 1.73. The molecule has 2 aromatic carbocycles. The summed E-state index contributed by atoms with van der Waals surface area (Å²) < 4.78 is 6.78. The van der Waals surface area contributed by atoms with Gasteiger partial charge >= 0.3 is 0 Å². The summed E-state index contributed by atoms with van der Waals surface area (Å²) >= 11 is 5.11. The zero-order valence-corrected chi connectivity index (χ0v) is 13.2. The summed E-state index contributed by atoms with van der Waals surface area (Å²) in [5.74, 6) is 1.43. The van der Waals surface area contributed by atoms with E-state index in [1.807, 2.05) is 48.7 Å². The Balaban J connectivity index is 2.28. The lowest BCUT2D eigenvalue weighted by atomic mass is 10.1. The minimum atomic E-state index is -0.562. The summed E-state index contributed by atoms with van der Waals surface area (Å²) in [5.41, 5.74) is 0.775. The number of halogens is 1. The van der Waals surface area contributed by atoms with E-state index >= 15 is 0 Å². The van der Waals surface area contributed by atoms with Gasteiger partial charge in [0, 0.05) is 14.9 Å². The molecule has 0 spiro atoms. The van der Waals surface area contributed by atoms with Crippen molar-refractivity contribution < 1.29 is 9.84 Å². The largest absolute Gasteiger partial charge is 0.457 e. The van der Waals surface area contributed by atoms with Crippen LogP contribution >= 0.6 is 27.7 Å². The third kappa shape index (κ3) is 3.75. The van der Waals surface area contributed by atoms with E-state index in [-0.39, 0.29) is 0 Å². The highest BCUT2D eigenvalue weighted by Crippen LogP contribution is 2.32. The van der Waals surface area contributed by atoms with Gasteiger partial charge in [-0.2, -0.15) is 0 Å². The first-order valence-electron chi connectivity index (χ1n) is 5.89. The summed E-state index contributed by atoms with van der Waals surface area (Å²) in [6.07, 6.45) is 1.48. The Labute approximate surface area is 125 Å². The topological polar surface area (TPSA) is 29.5 Å². The van der Waals surface area contributed by atoms with Gasteiger partial charge in [0.05, 0.1) is 6.10 Å². The first-order chi connectivity index (χ1) is 9.10. The lowest BCUT2D eigenvalue weighted by molar-refractivity contribution is 0.195. The second kappa shape index (κ2) is 6.46. The van der Waals surface area contributed by atoms with Crippen LogP contribution in [0.4, 0.5) is 0 Å². The van der Waals surface area contributed by atoms with Crippen LogP contribution in [0.25, 0.3) is 0 Å². The Bertz CT molecular complexity index is 553. The zero-order valence-electron chi connectivity index (χ0n) is 10.8. The highest BCUT2D eigenvalue weighted by atomic mass is 79.9. The van der Waals surface area contributed by atoms with Crippen molar-refractivity contribution in [3.8, 4) is 11.5 Å². The molecule has 19 heavy (non-hydrogen) atoms. The molecule has 0 bridgehead atoms. The molecule has 0 saturated heterocycles. The predicted molar refractivity (Wildman–Crippen MR) is 83.1 cm³/mol. The lowest BCUT2D eigenvalue weighted by Gasteiger charge is -2.13. The Morgan fingerprint density at radius 2 is 1.84 bits per heavy atom. The number of aliphatic hydroxyl groups excluding tert-OH is 1. The molecule has 0 aliphatic rings. The van der Waals surface area contributed by atoms with Crippen LogP contribution in [0, 0.1) is 0 Å². The van der Waals surface area contributed by atoms with Gasteiger partial charge in [0.15, 0.2) is 0 Å². The minimum absolute atomic E-state index is 0.562. The van der Waals surface area contributed by atoms with Crippen LogP contribution in [-0.2, 0) is 0 Å². The summed E-state index contributed by atoms with van der Waals surface area (Å²) in [6, 6.07) is 13.5. The van der Waals surface area contributed by atoms with Gasteiger partial charge < -0.3 is 9.84 Å². The highest BCUT2D eigenvalue weighted by molar-refractivity contribution is 9.10. The lowest BCUT2D eigenvalue weighted by Crippen LogP contribution is -1.96. The first kappa shape index (κ1) is 14.4. The van der Waals surface area contributed by atoms with Gasteiger partial charge in [0.1, 0.15) is 11.5 Å². The molecule has 0 fully saturated rings. The van der Waals surface area contributed by atoms with Crippen LogP contribution < -0.4 is 4.74 Å². The SMILES string of the molecule is CSc1ccc(Oc2cc(Br)ccc2C(C)O)cc1. The van der Waals surface area contributed by atoms with Crippen molar-refractivity contribution in [3.63, 3.8) is 0 Å². The maximum atomic E-state index is 9.76. The van der Waals surface area contributed by atoms with E-state index in [1.54, 1.807) is 18.7 Å². The number of ether oxygens (including phenoxy) is 1. The molecule has 0 aliphatic carbocycles. The highest BCUT2D eigenvalue weighted by Gasteiger charge is 2.10. The Morgan fingerprint density at radius 1 is 1.16 bits per heavy atom. The van der Waals surface area contributed by atoms with E-state index in [0.29, 0.717) is 5.75 Å². The Hall–Kier alpha value is -0.970. The molecule has 0 saturated carbocycles. The smallest absolute Gasteiger partial charge is 0.134 e. The molecule has 100 valence electrons. The molecule has 1 atom stereocenters. The fourth-order valence-electron chi connectivity index (χ4n) is 1.71. The maximum Gasteiger partial charge on any atom is 0.134 e. The molecule has 2 aromatic rings. The maximum absolute atomic E-state index is 9.76. The molecule has 0 aliphatic heterocycles. The van der Waals surface area contributed by atoms with Gasteiger partial charge in [-0.3, -0.25) is 0 Å². The Kier molecular flexibility index (Phi) is 4.91. The van der Waals surface area contributed by atoms with Gasteiger partial charge in [0.2, 0.25) is 0 Å². The van der Waals surface area contributed by atoms with Crippen LogP contribution in [0.15, 0.2) is 51.8 Å². The van der Waals surface area contributed by atoms with E-state index in [4.69, 9.17) is 4.74 Å². The summed E-state index contributed by atoms with van der Waals surface area (Å²) in [5, 5.41) is 9.76. The number of hydrogen-bond acceptors (Lipinski definition) is 3. The molecule has 2 rings (SSSR count). The molecule has 0 radical (unpaired) electrons. The van der Waals surface area contributed by atoms with Gasteiger partial charge in [-0.25, -0.2) is 0 Å². The van der Waals surface area contributed by atoms with Crippen molar-refractivity contribution in [2.75, 3.05) is 6.26 Å². The monoisotopic (exact) mass is 338 g/mol. The number of thioether (sulfide) groups is 1. The van der Waals surface area contributed by atoms with E-state index in [1.165, 1.54) is 4.90 Å². The Morgan fingerprint density at radius 3 is 2.42 bits per heavy atom. The standard InChI is InChI=1S/C15H15BrO2S/c1-10(17)14-8-3-11(16)9-15(14)18-12-4-6-13(19-2)7-5-12/h3-10,17H,1-2H3. The number of aliphatic hydroxyl groups is 1. The van der Waals surface area contributed by atoms with Crippen molar-refractivity contribution in [2.24, 2.45) is 0 Å². The molecule has 2 nitrogen and oxygen atoms in total. The van der Waals surface area contributed by atoms with Gasteiger partial charge in [0.25, 0.3) is 0 Å². The molecule has 0 heterocycles. The number of hydrogen-bond donors (Lipinski definition) is 1. The average molecular weight is 339 g/mol. The third-order valence-electron chi connectivity index (χ3n) is 2.71. The van der Waals surface area contributed by atoms with E-state index in [0.717, 1.165) is 15.8 Å². The minimum Gasteiger partial charge on any atom is -0.457 e. The van der Waals surface area contributed by atoms with Gasteiger partial charge in [-0.15, -0.1) is 11.8 Å². The summed E-state index contributed by atoms with van der Waals surface area (Å²) in [7, 11) is 0. The second-order valence-electron chi connectivity index (χ2n) is 4.14. The molecule has 0 aromatic heterocycles. The van der Waals surface area contributed by atoms with Crippen LogP contribution in [-0.4, -0.2) is 11.4 Å². The van der Waals surface area contributed by atoms with E-state index < -0.39 is 6.10 Å². The second-order valence-corrected chi connectivity index (χ2v) is 5.93. The normalized spacial score (nSPS) is 12.2. The van der Waals surface area contributed by atoms with Gasteiger partial charge in [-0.05, 0) is 49.6 Å². The fourth-order valence-corrected chi connectivity index (χ4v) is 2.46. The van der Waals surface area contributed by atoms with Crippen molar-refractivity contribution in [1.82, 2.24) is 0 Å². The summed E-state index contributed by atoms with van der Waals surface area (Å²) in [4.78, 5) is 1.19. The van der Waals surface area contributed by atoms with E-state index in [9.17, 15) is 5.11 Å². The van der Waals surface area contributed by atoms with Crippen molar-refractivity contribution >= 4 is 27.7 Å². The molecular formula is C15H15BrO2S. The van der Waals surface area contributed by atoms with Crippen LogP contribution in [0.3, 0.4) is 0 Å². The van der Waals surface area contributed by atoms with E-state index in [2.05, 4.69) is 15.9 Å². The number of benzene rings is 2. The molecular weight excluding hydrogens is 324 g/mol. The predicted octanol–water partition coefficient (Wildman–Crippen LogP) is 5.02. The third-order valence-corrected chi connectivity index (χ3v) is 3.95.